The summed E-state index contributed by atoms with van der Waals surface area (Å²) >= 11 is 0. The van der Waals surface area contributed by atoms with Crippen LogP contribution in [-0.2, 0) is 10.3 Å². The molecule has 0 aliphatic carbocycles. The van der Waals surface area contributed by atoms with Crippen LogP contribution in [0.5, 0.6) is 0 Å². The zero-order valence-electron chi connectivity index (χ0n) is 30.3. The van der Waals surface area contributed by atoms with Crippen molar-refractivity contribution in [3.63, 3.8) is 0 Å². The molecule has 0 unspecified atom stereocenters. The van der Waals surface area contributed by atoms with Gasteiger partial charge in [0, 0.05) is 39.8 Å². The number of aromatic nitrogens is 2. The van der Waals surface area contributed by atoms with Crippen molar-refractivity contribution < 1.29 is 18.0 Å². The summed E-state index contributed by atoms with van der Waals surface area (Å²) in [4.78, 5) is 20.2. The molecule has 4 heterocycles. The highest BCUT2D eigenvalue weighted by atomic mass is 28.3. The smallest absolute Gasteiger partial charge is 0.254 e. The van der Waals surface area contributed by atoms with Gasteiger partial charge in [0.25, 0.3) is 5.91 Å². The SMILES string of the molecule is [2H]C([2H])([2H])N1C(=O)c2cccc(C#C[Si](C(C)C)(C(C)C)C(C)C)c2[C@H]2C[C@@H]1c1nc3ccc(-c4ccc(C5(N)COC5)c(F)c4)cc3n12. The van der Waals surface area contributed by atoms with E-state index in [9.17, 15) is 4.79 Å². The molecule has 6 nitrogen and oxygen atoms in total. The van der Waals surface area contributed by atoms with E-state index in [2.05, 4.69) is 57.6 Å². The molecule has 2 N–H and O–H groups in total. The summed E-state index contributed by atoms with van der Waals surface area (Å²) in [5.74, 6) is 3.20. The number of nitrogens with two attached hydrogens (primary N) is 1. The zero-order valence-corrected chi connectivity index (χ0v) is 28.3. The van der Waals surface area contributed by atoms with Gasteiger partial charge in [-0.15, -0.1) is 5.54 Å². The molecule has 0 radical (unpaired) electrons. The highest BCUT2D eigenvalue weighted by Gasteiger charge is 2.45. The quantitative estimate of drug-likeness (QED) is 0.180. The maximum absolute atomic E-state index is 15.4. The summed E-state index contributed by atoms with van der Waals surface area (Å²) in [7, 11) is -2.13. The molecule has 46 heavy (non-hydrogen) atoms. The van der Waals surface area contributed by atoms with E-state index in [4.69, 9.17) is 19.6 Å². The summed E-state index contributed by atoms with van der Waals surface area (Å²) in [5, 5.41) is 0. The molecule has 1 saturated heterocycles. The highest BCUT2D eigenvalue weighted by molar-refractivity contribution is 6.90. The van der Waals surface area contributed by atoms with Crippen molar-refractivity contribution in [3.8, 4) is 22.6 Å². The van der Waals surface area contributed by atoms with E-state index in [1.165, 1.54) is 6.07 Å². The van der Waals surface area contributed by atoms with Crippen molar-refractivity contribution in [2.75, 3.05) is 20.2 Å². The monoisotopic (exact) mass is 637 g/mol. The Morgan fingerprint density at radius 2 is 1.72 bits per heavy atom. The summed E-state index contributed by atoms with van der Waals surface area (Å²) in [5.41, 5.74) is 15.8. The average molecular weight is 638 g/mol. The molecule has 1 aromatic heterocycles. The fourth-order valence-corrected chi connectivity index (χ4v) is 13.6. The van der Waals surface area contributed by atoms with E-state index in [1.54, 1.807) is 12.1 Å². The van der Waals surface area contributed by atoms with Crippen LogP contribution in [0.15, 0.2) is 54.6 Å². The van der Waals surface area contributed by atoms with Gasteiger partial charge in [0.2, 0.25) is 0 Å². The predicted octanol–water partition coefficient (Wildman–Crippen LogP) is 7.72. The molecule has 3 aliphatic rings. The molecule has 3 aliphatic heterocycles. The lowest BCUT2D eigenvalue weighted by Gasteiger charge is -2.38. The van der Waals surface area contributed by atoms with E-state index < -0.39 is 32.5 Å². The van der Waals surface area contributed by atoms with Gasteiger partial charge < -0.3 is 19.9 Å². The molecule has 1 amide bonds. The standard InChI is InChI=1S/C38H43FN4O2Si/c1-22(2)46(23(3)4,24(5)6)16-15-25-9-8-10-28-35(25)33-19-34(42(7)37(28)44)36-41-31-14-12-27(18-32(31)43(33)36)26-11-13-29(30(39)17-26)38(40)20-45-21-38/h8-14,17-18,22-24,33-34H,19-21,40H2,1-7H3/t33-,34-/m1/s1/i7D3. The van der Waals surface area contributed by atoms with Crippen molar-refractivity contribution in [1.82, 2.24) is 14.5 Å². The molecule has 7 rings (SSSR count). The van der Waals surface area contributed by atoms with Crippen LogP contribution < -0.4 is 5.73 Å². The van der Waals surface area contributed by atoms with Crippen LogP contribution in [0.1, 0.15) is 97.0 Å². The number of amides is 1. The van der Waals surface area contributed by atoms with Gasteiger partial charge in [0.15, 0.2) is 0 Å². The summed E-state index contributed by atoms with van der Waals surface area (Å²) in [6.45, 7) is 11.5. The lowest BCUT2D eigenvalue weighted by atomic mass is 9.87. The number of carbonyl (C=O) groups excluding carboxylic acids is 1. The second-order valence-electron chi connectivity index (χ2n) is 14.2. The van der Waals surface area contributed by atoms with Crippen LogP contribution in [0.3, 0.4) is 0 Å². The lowest BCUT2D eigenvalue weighted by Crippen LogP contribution is -2.54. The summed E-state index contributed by atoms with van der Waals surface area (Å²) in [6.07, 6.45) is 0.365. The number of fused-ring (bicyclic) bond motifs is 9. The van der Waals surface area contributed by atoms with Crippen molar-refractivity contribution in [3.05, 3.63) is 88.5 Å². The summed E-state index contributed by atoms with van der Waals surface area (Å²) < 4.78 is 48.1. The second-order valence-corrected chi connectivity index (χ2v) is 19.8. The maximum Gasteiger partial charge on any atom is 0.254 e. The molecule has 0 spiro atoms. The first-order chi connectivity index (χ1) is 23.1. The van der Waals surface area contributed by atoms with Crippen molar-refractivity contribution in [2.45, 2.75) is 82.2 Å². The van der Waals surface area contributed by atoms with Gasteiger partial charge in [-0.3, -0.25) is 4.79 Å². The van der Waals surface area contributed by atoms with E-state index >= 15 is 4.39 Å². The van der Waals surface area contributed by atoms with E-state index in [0.29, 0.717) is 51.1 Å². The zero-order chi connectivity index (χ0) is 35.2. The number of hydrogen-bond acceptors (Lipinski definition) is 4. The Hall–Kier alpha value is -3.77. The first kappa shape index (κ1) is 27.3. The Morgan fingerprint density at radius 1 is 1.02 bits per heavy atom. The van der Waals surface area contributed by atoms with E-state index in [0.717, 1.165) is 27.1 Å². The first-order valence-electron chi connectivity index (χ1n) is 17.8. The molecule has 8 heteroatoms. The van der Waals surface area contributed by atoms with Gasteiger partial charge in [-0.05, 0) is 58.1 Å². The minimum atomic E-state index is -2.69. The van der Waals surface area contributed by atoms with Gasteiger partial charge in [-0.2, -0.15) is 0 Å². The van der Waals surface area contributed by atoms with Crippen molar-refractivity contribution >= 4 is 25.0 Å². The Morgan fingerprint density at radius 3 is 2.35 bits per heavy atom. The third-order valence-corrected chi connectivity index (χ3v) is 17.1. The molecule has 3 aromatic carbocycles. The fourth-order valence-electron chi connectivity index (χ4n) is 8.42. The van der Waals surface area contributed by atoms with Crippen LogP contribution in [0, 0.1) is 17.3 Å². The second kappa shape index (κ2) is 10.9. The molecule has 238 valence electrons. The number of hydrogen-bond donors (Lipinski definition) is 1. The molecular weight excluding hydrogens is 592 g/mol. The predicted molar refractivity (Wildman–Crippen MR) is 184 cm³/mol. The number of carbonyl (C=O) groups is 1. The first-order valence-corrected chi connectivity index (χ1v) is 18.5. The number of ether oxygens (including phenoxy) is 1. The van der Waals surface area contributed by atoms with Crippen molar-refractivity contribution in [1.29, 1.82) is 0 Å². The molecule has 2 atom stereocenters. The third kappa shape index (κ3) is 4.43. The number of benzene rings is 3. The summed E-state index contributed by atoms with van der Waals surface area (Å²) in [6, 6.07) is 15.2. The van der Waals surface area contributed by atoms with E-state index in [-0.39, 0.29) is 25.1 Å². The van der Waals surface area contributed by atoms with Gasteiger partial charge in [-0.1, -0.05) is 71.7 Å². The van der Waals surface area contributed by atoms with Crippen LogP contribution in [0.4, 0.5) is 4.39 Å². The van der Waals surface area contributed by atoms with Crippen LogP contribution in [-0.4, -0.2) is 48.6 Å². The Bertz CT molecular complexity index is 2040. The largest absolute Gasteiger partial charge is 0.377 e. The topological polar surface area (TPSA) is 73.4 Å². The van der Waals surface area contributed by atoms with Crippen molar-refractivity contribution in [2.24, 2.45) is 5.73 Å². The molecular formula is C38H43FN4O2Si. The minimum Gasteiger partial charge on any atom is -0.377 e. The molecule has 4 aromatic rings. The van der Waals surface area contributed by atoms with Gasteiger partial charge >= 0.3 is 0 Å². The number of imidazole rings is 1. The van der Waals surface area contributed by atoms with Crippen LogP contribution in [0.2, 0.25) is 16.6 Å². The van der Waals surface area contributed by atoms with Gasteiger partial charge in [-0.25, -0.2) is 9.37 Å². The maximum atomic E-state index is 15.4. The number of nitrogens with zero attached hydrogens (tertiary/aromatic N) is 3. The molecule has 0 saturated carbocycles. The number of rotatable bonds is 5. The Balaban J connectivity index is 1.42. The van der Waals surface area contributed by atoms with Crippen LogP contribution in [0.25, 0.3) is 22.2 Å². The van der Waals surface area contributed by atoms with Gasteiger partial charge in [0.1, 0.15) is 19.7 Å². The highest BCUT2D eigenvalue weighted by Crippen LogP contribution is 2.49. The number of halogens is 1. The van der Waals surface area contributed by atoms with Gasteiger partial charge in [0.05, 0.1) is 41.9 Å². The third-order valence-electron chi connectivity index (χ3n) is 10.8. The molecule has 2 bridgehead atoms. The average Bonchev–Trinajstić information content (AvgIpc) is 3.51. The minimum absolute atomic E-state index is 0.277. The lowest BCUT2D eigenvalue weighted by molar-refractivity contribution is -0.0584. The normalized spacial score (nSPS) is 21.3. The molecule has 1 fully saturated rings. The Kier molecular flexibility index (Phi) is 6.48. The Labute approximate surface area is 276 Å². The fraction of sp³-hybridized carbons (Fsp3) is 0.421. The van der Waals surface area contributed by atoms with E-state index in [1.807, 2.05) is 36.4 Å². The van der Waals surface area contributed by atoms with Crippen LogP contribution >= 0.6 is 0 Å².